The molecule has 21 heteroatoms. The summed E-state index contributed by atoms with van der Waals surface area (Å²) in [7, 11) is 0. The molecule has 4 aromatic carbocycles. The van der Waals surface area contributed by atoms with E-state index in [9.17, 15) is 19.2 Å². The molecule has 8 N–H and O–H groups in total. The van der Waals surface area contributed by atoms with Crippen LogP contribution in [0.4, 0.5) is 19.2 Å². The van der Waals surface area contributed by atoms with Crippen LogP contribution in [0.5, 0.6) is 0 Å². The molecule has 21 nitrogen and oxygen atoms in total. The summed E-state index contributed by atoms with van der Waals surface area (Å²) in [5, 5.41) is 13.1. The summed E-state index contributed by atoms with van der Waals surface area (Å²) in [6.07, 6.45) is 14.7. The Morgan fingerprint density at radius 1 is 0.288 bits per heavy atom. The van der Waals surface area contributed by atoms with Gasteiger partial charge in [-0.2, -0.15) is 0 Å². The molecule has 598 valence electrons. The number of nitrogens with one attached hydrogen (secondary N) is 8. The molecule has 0 fully saturated rings. The number of amides is 4. The van der Waals surface area contributed by atoms with E-state index in [1.54, 1.807) is 0 Å². The van der Waals surface area contributed by atoms with Crippen LogP contribution in [0.2, 0.25) is 0 Å². The first-order valence-electron chi connectivity index (χ1n) is 39.9. The Balaban J connectivity index is 1.03. The maximum Gasteiger partial charge on any atom is 0.408 e. The molecule has 0 unspecified atom stereocenters. The summed E-state index contributed by atoms with van der Waals surface area (Å²) in [4.78, 5) is 101. The second-order valence-corrected chi connectivity index (χ2v) is 33.8. The average molecular weight is 1570 g/mol. The minimum atomic E-state index is -0.824. The smallest absolute Gasteiger partial charge is 0.408 e. The van der Waals surface area contributed by atoms with Crippen LogP contribution in [0, 0.1) is 0 Å². The number of carbonyl (C=O) groups is 4. The molecule has 7 aromatic heterocycles. The Morgan fingerprint density at radius 2 is 0.551 bits per heavy atom. The SMILES string of the molecule is CC(C)(C)OC(=O)N[C@H](Cc1ccccc1)c1c2nc(c(-c3cccc(-c4c5nc(c([C@@H](Cc6ccccc6)NC(=O)OC(C)(C)C)c6ccc(cc7nc(c([C@@H](Cc8ccccc8)NC(=O)OC(C)(C)C)c8ccc4[nH]8)C=C7)[nH]6)C=C5)n3)c3ccc([nH]3)c([C@@H](Cc3ccccc3)NC(=O)OC(C)(C)C)c3nc(cc4ccc1[nH]4)C=C3)C=C2. The van der Waals surface area contributed by atoms with Gasteiger partial charge >= 0.3 is 24.4 Å². The summed E-state index contributed by atoms with van der Waals surface area (Å²) in [5.41, 5.74) is 15.3. The Hall–Kier alpha value is -13.7. The first-order chi connectivity index (χ1) is 56.5. The molecule has 0 radical (unpaired) electrons. The molecule has 11 heterocycles. The van der Waals surface area contributed by atoms with Gasteiger partial charge in [0.15, 0.2) is 0 Å². The highest BCUT2D eigenvalue weighted by Gasteiger charge is 2.32. The maximum atomic E-state index is 14.4. The van der Waals surface area contributed by atoms with Crippen molar-refractivity contribution >= 4 is 117 Å². The number of hydrogen-bond donors (Lipinski definition) is 8. The summed E-state index contributed by atoms with van der Waals surface area (Å²) in [6.45, 7) is 22.1. The summed E-state index contributed by atoms with van der Waals surface area (Å²) in [5.74, 6) is 0. The number of hydrogen-bond acceptors (Lipinski definition) is 13. The first-order valence-corrected chi connectivity index (χ1v) is 39.9. The zero-order valence-corrected chi connectivity index (χ0v) is 68.3. The zero-order valence-electron chi connectivity index (χ0n) is 68.3. The fourth-order valence-corrected chi connectivity index (χ4v) is 15.2. The van der Waals surface area contributed by atoms with E-state index in [0.29, 0.717) is 149 Å². The summed E-state index contributed by atoms with van der Waals surface area (Å²) in [6, 6.07) is 62.8. The Bertz CT molecular complexity index is 5610. The number of carbonyl (C=O) groups excluding carboxylic acids is 4. The van der Waals surface area contributed by atoms with Crippen molar-refractivity contribution < 1.29 is 38.1 Å². The Kier molecular flexibility index (Phi) is 22.4. The molecule has 118 heavy (non-hydrogen) atoms. The van der Waals surface area contributed by atoms with Crippen LogP contribution in [0.25, 0.3) is 115 Å². The van der Waals surface area contributed by atoms with E-state index in [1.165, 1.54) is 0 Å². The minimum Gasteiger partial charge on any atom is -0.444 e. The second kappa shape index (κ2) is 33.3. The molecule has 4 atom stereocenters. The van der Waals surface area contributed by atoms with E-state index in [-0.39, 0.29) is 0 Å². The predicted octanol–water partition coefficient (Wildman–Crippen LogP) is 21.6. The molecule has 0 saturated heterocycles. The first kappa shape index (κ1) is 79.5. The zero-order chi connectivity index (χ0) is 82.6. The van der Waals surface area contributed by atoms with Gasteiger partial charge in [-0.15, -0.1) is 0 Å². The number of fused-ring (bicyclic) bond motifs is 16. The number of H-pyrrole nitrogens is 4. The van der Waals surface area contributed by atoms with Crippen molar-refractivity contribution in [2.24, 2.45) is 0 Å². The van der Waals surface area contributed by atoms with Gasteiger partial charge in [0.2, 0.25) is 0 Å². The second-order valence-electron chi connectivity index (χ2n) is 33.8. The predicted molar refractivity (Wildman–Crippen MR) is 469 cm³/mol. The Morgan fingerprint density at radius 3 is 0.856 bits per heavy atom. The highest BCUT2D eigenvalue weighted by molar-refractivity contribution is 5.95. The lowest BCUT2D eigenvalue weighted by molar-refractivity contribution is 0.0491. The molecule has 0 saturated carbocycles. The molecule has 4 aliphatic heterocycles. The molecular weight excluding hydrogens is 1480 g/mol. The maximum absolute atomic E-state index is 14.4. The van der Waals surface area contributed by atoms with Gasteiger partial charge in [0, 0.05) is 66.5 Å². The standard InChI is InChI=1S/C97H97N13O8/c1-94(2,3)115-90(111)107-80(52-58-26-17-13-18-27-58)86-68-40-36-62(98-68)56-63-37-41-69(99-63)87(81(53-59-28-19-14-20-29-59)108-91(112)116-95(4,5)6)77-49-45-73(104-77)84(72-44-48-76(86)103-72)66-34-25-35-67(102-66)85-74-46-50-78(105-74)88(82(54-60-30-21-15-22-31-60)109-92(113)117-96(7,8)9)70-42-38-64(100-70)57-65-39-43-71(101-65)89(79-51-47-75(85)106-79)83(55-61-32-23-16-24-33-61)110-93(114)118-97(10,11)12/h13-51,56-57,80-83,98,100,104,106H,52-55H2,1-12H3,(H,107,111)(H,108,112)(H,109,113)(H,110,114)/t80-,81-,82-,83-/m1/s1. The van der Waals surface area contributed by atoms with E-state index >= 15 is 0 Å². The topological polar surface area (TPSA) is 281 Å². The number of aromatic amines is 4. The van der Waals surface area contributed by atoms with Crippen molar-refractivity contribution in [1.29, 1.82) is 0 Å². The van der Waals surface area contributed by atoms with E-state index in [0.717, 1.165) is 33.3 Å². The fraction of sp³-hybridized carbons (Fsp3) is 0.247. The molecule has 15 rings (SSSR count). The number of rotatable bonds is 18. The third-order valence-electron chi connectivity index (χ3n) is 19.9. The van der Waals surface area contributed by atoms with Gasteiger partial charge < -0.3 is 60.2 Å². The van der Waals surface area contributed by atoms with Gasteiger partial charge in [-0.1, -0.05) is 127 Å². The van der Waals surface area contributed by atoms with Crippen LogP contribution < -0.4 is 21.3 Å². The lowest BCUT2D eigenvalue weighted by Crippen LogP contribution is -2.36. The number of ether oxygens (including phenoxy) is 4. The van der Waals surface area contributed by atoms with Crippen molar-refractivity contribution in [2.75, 3.05) is 0 Å². The van der Waals surface area contributed by atoms with Crippen LogP contribution in [0.1, 0.15) is 197 Å². The fourth-order valence-electron chi connectivity index (χ4n) is 15.2. The average Bonchev–Trinajstić information content (AvgIpc) is 1.61. The highest BCUT2D eigenvalue weighted by Crippen LogP contribution is 2.40. The van der Waals surface area contributed by atoms with E-state index in [1.807, 2.05) is 332 Å². The number of pyridine rings is 1. The van der Waals surface area contributed by atoms with Gasteiger partial charge in [-0.05, 0) is 252 Å². The highest BCUT2D eigenvalue weighted by atomic mass is 16.6. The van der Waals surface area contributed by atoms with Crippen LogP contribution in [0.15, 0.2) is 200 Å². The van der Waals surface area contributed by atoms with Crippen LogP contribution in [0.3, 0.4) is 0 Å². The third-order valence-corrected chi connectivity index (χ3v) is 19.9. The number of nitrogens with zero attached hydrogens (tertiary/aromatic N) is 5. The van der Waals surface area contributed by atoms with Crippen LogP contribution >= 0.6 is 0 Å². The molecule has 4 aliphatic rings. The van der Waals surface area contributed by atoms with Crippen LogP contribution in [-0.2, 0) is 44.6 Å². The van der Waals surface area contributed by atoms with E-state index in [2.05, 4.69) is 41.2 Å². The van der Waals surface area contributed by atoms with Crippen molar-refractivity contribution in [3.63, 3.8) is 0 Å². The normalized spacial score (nSPS) is 13.6. The van der Waals surface area contributed by atoms with E-state index < -0.39 is 70.9 Å². The Labute approximate surface area is 685 Å². The molecule has 11 aromatic rings. The van der Waals surface area contributed by atoms with E-state index in [4.69, 9.17) is 43.9 Å². The number of aromatic nitrogens is 9. The van der Waals surface area contributed by atoms with Gasteiger partial charge in [-0.25, -0.2) is 44.1 Å². The lowest BCUT2D eigenvalue weighted by atomic mass is 9.97. The third kappa shape index (κ3) is 19.5. The summed E-state index contributed by atoms with van der Waals surface area (Å²) < 4.78 is 24.2. The van der Waals surface area contributed by atoms with Gasteiger partial charge in [-0.3, -0.25) is 0 Å². The lowest BCUT2D eigenvalue weighted by Gasteiger charge is -2.24. The largest absolute Gasteiger partial charge is 0.444 e. The van der Waals surface area contributed by atoms with Crippen molar-refractivity contribution in [3.8, 4) is 22.5 Å². The van der Waals surface area contributed by atoms with Crippen LogP contribution in [-0.4, -0.2) is 91.6 Å². The van der Waals surface area contributed by atoms with Crippen molar-refractivity contribution in [3.05, 3.63) is 290 Å². The number of benzene rings is 4. The molecule has 0 aliphatic carbocycles. The molecular formula is C97H97N13O8. The van der Waals surface area contributed by atoms with Crippen molar-refractivity contribution in [1.82, 2.24) is 66.1 Å². The van der Waals surface area contributed by atoms with Gasteiger partial charge in [0.25, 0.3) is 0 Å². The molecule has 0 spiro atoms. The van der Waals surface area contributed by atoms with Gasteiger partial charge in [0.05, 0.1) is 92.1 Å². The minimum absolute atomic E-state index is 0.357. The quantitative estimate of drug-likeness (QED) is 0.0372. The molecule has 16 bridgehead atoms. The van der Waals surface area contributed by atoms with Gasteiger partial charge in [0.1, 0.15) is 22.4 Å². The molecule has 4 amide bonds. The number of alkyl carbamates (subject to hydrolysis) is 4. The summed E-state index contributed by atoms with van der Waals surface area (Å²) >= 11 is 0. The van der Waals surface area contributed by atoms with Crippen molar-refractivity contribution in [2.45, 2.75) is 155 Å². The monoisotopic (exact) mass is 1570 g/mol.